The first-order valence-corrected chi connectivity index (χ1v) is 9.59. The molecule has 4 rings (SSSR count). The minimum Gasteiger partial charge on any atom is -0.481 e. The molecule has 0 bridgehead atoms. The molecule has 0 unspecified atom stereocenters. The number of carboxylic acid groups (broad SMARTS) is 1. The lowest BCUT2D eigenvalue weighted by Gasteiger charge is -2.12. The van der Waals surface area contributed by atoms with E-state index < -0.39 is 35.6 Å². The predicted octanol–water partition coefficient (Wildman–Crippen LogP) is 4.68. The fourth-order valence-electron chi connectivity index (χ4n) is 3.43. The fourth-order valence-corrected chi connectivity index (χ4v) is 3.43. The molecule has 0 fully saturated rings. The number of carbonyl (C=O) groups excluding carboxylic acids is 1. The summed E-state index contributed by atoms with van der Waals surface area (Å²) in [6.45, 7) is 0.289. The molecule has 3 N–H and O–H groups in total. The van der Waals surface area contributed by atoms with Gasteiger partial charge in [0.2, 0.25) is 0 Å². The van der Waals surface area contributed by atoms with Gasteiger partial charge < -0.3 is 20.0 Å². The van der Waals surface area contributed by atoms with E-state index in [0.717, 1.165) is 17.7 Å². The lowest BCUT2D eigenvalue weighted by atomic mass is 9.98. The molecule has 0 aliphatic heterocycles. The smallest absolute Gasteiger partial charge is 0.346 e. The Hall–Kier alpha value is -4.04. The van der Waals surface area contributed by atoms with Crippen LogP contribution in [0, 0.1) is 11.6 Å². The molecule has 0 spiro atoms. The highest BCUT2D eigenvalue weighted by atomic mass is 19.1. The van der Waals surface area contributed by atoms with E-state index >= 15 is 4.39 Å². The third-order valence-electron chi connectivity index (χ3n) is 4.94. The number of benzene rings is 3. The zero-order chi connectivity index (χ0) is 22.8. The summed E-state index contributed by atoms with van der Waals surface area (Å²) in [5.41, 5.74) is 7.54. The van der Waals surface area contributed by atoms with Crippen molar-refractivity contribution in [3.8, 4) is 16.9 Å². The number of aliphatic carboxylic acids is 1. The van der Waals surface area contributed by atoms with Crippen molar-refractivity contribution in [2.75, 3.05) is 0 Å². The van der Waals surface area contributed by atoms with Crippen molar-refractivity contribution >= 4 is 22.9 Å². The highest BCUT2D eigenvalue weighted by Gasteiger charge is 2.23. The van der Waals surface area contributed by atoms with Crippen molar-refractivity contribution < 1.29 is 32.6 Å². The first kappa shape index (κ1) is 21.2. The first-order chi connectivity index (χ1) is 15.4. The summed E-state index contributed by atoms with van der Waals surface area (Å²) < 4.78 is 39.5. The molecule has 162 valence electrons. The van der Waals surface area contributed by atoms with Crippen LogP contribution in [0.25, 0.3) is 22.1 Å². The summed E-state index contributed by atoms with van der Waals surface area (Å²) in [6, 6.07) is 13.0. The molecule has 0 amide bonds. The minimum atomic E-state index is -1.19. The Bertz CT molecular complexity index is 1350. The van der Waals surface area contributed by atoms with Gasteiger partial charge in [-0.2, -0.15) is 0 Å². The molecule has 6 nitrogen and oxygen atoms in total. The van der Waals surface area contributed by atoms with Crippen LogP contribution in [-0.2, 0) is 17.8 Å². The maximum absolute atomic E-state index is 15.1. The lowest BCUT2D eigenvalue weighted by molar-refractivity contribution is -0.136. The van der Waals surface area contributed by atoms with Crippen LogP contribution in [0.4, 0.5) is 8.78 Å². The summed E-state index contributed by atoms with van der Waals surface area (Å²) in [5.74, 6) is -4.18. The van der Waals surface area contributed by atoms with Crippen LogP contribution in [0.3, 0.4) is 0 Å². The van der Waals surface area contributed by atoms with E-state index in [2.05, 4.69) is 0 Å². The standard InChI is InChI=1S/C24H17F2NO5/c25-16-5-4-15(9-21(28)29)20(10-16)32-24(30)19-11-18(14-3-1-2-13(8-14)12-27)23-17(22(19)26)6-7-31-23/h1-8,10-11H,9,12,27H2,(H,28,29). The monoisotopic (exact) mass is 437 g/mol. The summed E-state index contributed by atoms with van der Waals surface area (Å²) >= 11 is 0. The summed E-state index contributed by atoms with van der Waals surface area (Å²) in [7, 11) is 0. The van der Waals surface area contributed by atoms with Crippen LogP contribution < -0.4 is 10.5 Å². The molecule has 1 aromatic heterocycles. The van der Waals surface area contributed by atoms with Gasteiger partial charge in [0.15, 0.2) is 0 Å². The third-order valence-corrected chi connectivity index (χ3v) is 4.94. The Morgan fingerprint density at radius 1 is 1.06 bits per heavy atom. The van der Waals surface area contributed by atoms with Gasteiger partial charge in [0, 0.05) is 23.7 Å². The van der Waals surface area contributed by atoms with Crippen LogP contribution in [0.15, 0.2) is 65.3 Å². The maximum Gasteiger partial charge on any atom is 0.346 e. The summed E-state index contributed by atoms with van der Waals surface area (Å²) in [6.07, 6.45) is 0.806. The van der Waals surface area contributed by atoms with Gasteiger partial charge in [-0.05, 0) is 35.4 Å². The van der Waals surface area contributed by atoms with Crippen LogP contribution in [0.5, 0.6) is 5.75 Å². The normalized spacial score (nSPS) is 11.0. The van der Waals surface area contributed by atoms with Crippen molar-refractivity contribution in [2.24, 2.45) is 5.73 Å². The topological polar surface area (TPSA) is 103 Å². The van der Waals surface area contributed by atoms with E-state index in [1.165, 1.54) is 24.5 Å². The van der Waals surface area contributed by atoms with Gasteiger partial charge in [-0.1, -0.05) is 24.3 Å². The Morgan fingerprint density at radius 2 is 1.88 bits per heavy atom. The number of carbonyl (C=O) groups is 2. The average Bonchev–Trinajstić information content (AvgIpc) is 3.26. The van der Waals surface area contributed by atoms with Gasteiger partial charge in [-0.25, -0.2) is 13.6 Å². The van der Waals surface area contributed by atoms with Gasteiger partial charge in [0.05, 0.1) is 23.6 Å². The third kappa shape index (κ3) is 4.08. The first-order valence-electron chi connectivity index (χ1n) is 9.59. The molecular formula is C24H17F2NO5. The Balaban J connectivity index is 1.80. The van der Waals surface area contributed by atoms with Crippen LogP contribution in [0.1, 0.15) is 21.5 Å². The maximum atomic E-state index is 15.1. The lowest BCUT2D eigenvalue weighted by Crippen LogP contribution is -2.13. The Morgan fingerprint density at radius 3 is 2.62 bits per heavy atom. The van der Waals surface area contributed by atoms with Crippen LogP contribution >= 0.6 is 0 Å². The second kappa shape index (κ2) is 8.60. The molecular weight excluding hydrogens is 420 g/mol. The number of esters is 1. The van der Waals surface area contributed by atoms with Gasteiger partial charge in [0.1, 0.15) is 23.0 Å². The van der Waals surface area contributed by atoms with Crippen molar-refractivity contribution in [3.05, 3.63) is 89.2 Å². The summed E-state index contributed by atoms with van der Waals surface area (Å²) in [5, 5.41) is 9.11. The van der Waals surface area contributed by atoms with Gasteiger partial charge in [-0.3, -0.25) is 4.79 Å². The SMILES string of the molecule is NCc1cccc(-c2cc(C(=O)Oc3cc(F)ccc3CC(=O)O)c(F)c3ccoc23)c1. The quantitative estimate of drug-likeness (QED) is 0.335. The molecule has 0 atom stereocenters. The summed E-state index contributed by atoms with van der Waals surface area (Å²) in [4.78, 5) is 23.9. The zero-order valence-corrected chi connectivity index (χ0v) is 16.6. The van der Waals surface area contributed by atoms with E-state index in [1.807, 2.05) is 6.07 Å². The molecule has 0 aliphatic rings. The molecule has 4 aromatic rings. The van der Waals surface area contributed by atoms with E-state index in [1.54, 1.807) is 18.2 Å². The number of furan rings is 1. The number of hydrogen-bond acceptors (Lipinski definition) is 5. The van der Waals surface area contributed by atoms with E-state index in [0.29, 0.717) is 11.1 Å². The minimum absolute atomic E-state index is 0.0672. The fraction of sp³-hybridized carbons (Fsp3) is 0.0833. The second-order valence-electron chi connectivity index (χ2n) is 7.07. The predicted molar refractivity (Wildman–Crippen MR) is 112 cm³/mol. The largest absolute Gasteiger partial charge is 0.481 e. The van der Waals surface area contributed by atoms with E-state index in [9.17, 15) is 14.0 Å². The molecule has 1 heterocycles. The number of fused-ring (bicyclic) bond motifs is 1. The molecule has 3 aromatic carbocycles. The number of hydrogen-bond donors (Lipinski definition) is 2. The number of halogens is 2. The Labute approximate surface area is 180 Å². The highest BCUT2D eigenvalue weighted by molar-refractivity contribution is 6.02. The molecule has 8 heteroatoms. The average molecular weight is 437 g/mol. The molecule has 0 aliphatic carbocycles. The van der Waals surface area contributed by atoms with E-state index in [4.69, 9.17) is 20.0 Å². The van der Waals surface area contributed by atoms with Gasteiger partial charge in [-0.15, -0.1) is 0 Å². The molecule has 0 radical (unpaired) electrons. The molecule has 0 saturated heterocycles. The van der Waals surface area contributed by atoms with Crippen LogP contribution in [-0.4, -0.2) is 17.0 Å². The number of ether oxygens (including phenoxy) is 1. The zero-order valence-electron chi connectivity index (χ0n) is 16.6. The van der Waals surface area contributed by atoms with Gasteiger partial charge in [0.25, 0.3) is 0 Å². The van der Waals surface area contributed by atoms with Crippen LogP contribution in [0.2, 0.25) is 0 Å². The van der Waals surface area contributed by atoms with Crippen molar-refractivity contribution in [1.82, 2.24) is 0 Å². The van der Waals surface area contributed by atoms with Gasteiger partial charge >= 0.3 is 11.9 Å². The van der Waals surface area contributed by atoms with E-state index in [-0.39, 0.29) is 28.8 Å². The molecule has 32 heavy (non-hydrogen) atoms. The van der Waals surface area contributed by atoms with Crippen molar-refractivity contribution in [1.29, 1.82) is 0 Å². The second-order valence-corrected chi connectivity index (χ2v) is 7.07. The van der Waals surface area contributed by atoms with Crippen molar-refractivity contribution in [3.63, 3.8) is 0 Å². The number of rotatable bonds is 6. The molecule has 0 saturated carbocycles. The number of carboxylic acids is 1. The Kier molecular flexibility index (Phi) is 5.70. The van der Waals surface area contributed by atoms with Crippen molar-refractivity contribution in [2.45, 2.75) is 13.0 Å². The highest BCUT2D eigenvalue weighted by Crippen LogP contribution is 2.34. The number of nitrogens with two attached hydrogens (primary N) is 1.